The second kappa shape index (κ2) is 10.4. The Kier molecular flexibility index (Phi) is 7.62. The van der Waals surface area contributed by atoms with Crippen molar-refractivity contribution in [1.29, 1.82) is 0 Å². The highest BCUT2D eigenvalue weighted by Gasteiger charge is 2.37. The van der Waals surface area contributed by atoms with Crippen LogP contribution in [0.2, 0.25) is 0 Å². The predicted octanol–water partition coefficient (Wildman–Crippen LogP) is 4.40. The van der Waals surface area contributed by atoms with Crippen molar-refractivity contribution < 1.29 is 28.5 Å². The van der Waals surface area contributed by atoms with Crippen LogP contribution in [0.1, 0.15) is 38.8 Å². The first-order chi connectivity index (χ1) is 15.3. The van der Waals surface area contributed by atoms with E-state index < -0.39 is 6.09 Å². The fraction of sp³-hybridized carbons (Fsp3) is 0.440. The van der Waals surface area contributed by atoms with Crippen molar-refractivity contribution in [2.45, 2.75) is 58.8 Å². The summed E-state index contributed by atoms with van der Waals surface area (Å²) in [6, 6.07) is 12.9. The average Bonchev–Trinajstić information content (AvgIpc) is 3.08. The number of hydrogen-bond acceptors (Lipinski definition) is 6. The molecule has 0 aliphatic carbocycles. The van der Waals surface area contributed by atoms with Gasteiger partial charge in [-0.25, -0.2) is 9.69 Å². The van der Waals surface area contributed by atoms with Crippen molar-refractivity contribution in [2.24, 2.45) is 0 Å². The highest BCUT2D eigenvalue weighted by molar-refractivity contribution is 5.94. The van der Waals surface area contributed by atoms with Crippen LogP contribution < -0.4 is 14.2 Å². The number of ether oxygens (including phenoxy) is 4. The Morgan fingerprint density at radius 2 is 1.62 bits per heavy atom. The SMILES string of the molecule is COc1c(OC(C)C)cc(CC(=O)N2C(=O)OC[C@H]2Cc2ccccc2)cc1OC(C)C. The van der Waals surface area contributed by atoms with E-state index in [1.807, 2.05) is 58.0 Å². The molecule has 0 aromatic heterocycles. The minimum absolute atomic E-state index is 0.00724. The van der Waals surface area contributed by atoms with Gasteiger partial charge in [0, 0.05) is 0 Å². The first-order valence-corrected chi connectivity index (χ1v) is 10.9. The minimum atomic E-state index is -0.609. The van der Waals surface area contributed by atoms with Crippen LogP contribution in [0, 0.1) is 0 Å². The molecule has 32 heavy (non-hydrogen) atoms. The lowest BCUT2D eigenvalue weighted by atomic mass is 10.0. The third kappa shape index (κ3) is 5.72. The molecule has 1 atom stereocenters. The Labute approximate surface area is 189 Å². The van der Waals surface area contributed by atoms with E-state index in [2.05, 4.69) is 0 Å². The normalized spacial score (nSPS) is 15.8. The van der Waals surface area contributed by atoms with E-state index in [-0.39, 0.29) is 37.2 Å². The van der Waals surface area contributed by atoms with E-state index in [4.69, 9.17) is 18.9 Å². The molecule has 0 bridgehead atoms. The van der Waals surface area contributed by atoms with Crippen LogP contribution in [0.15, 0.2) is 42.5 Å². The maximum absolute atomic E-state index is 13.2. The van der Waals surface area contributed by atoms with Gasteiger partial charge in [0.25, 0.3) is 0 Å². The maximum atomic E-state index is 13.2. The lowest BCUT2D eigenvalue weighted by Gasteiger charge is -2.22. The highest BCUT2D eigenvalue weighted by Crippen LogP contribution is 2.40. The third-order valence-electron chi connectivity index (χ3n) is 4.91. The van der Waals surface area contributed by atoms with Gasteiger partial charge in [0.05, 0.1) is 31.8 Å². The Balaban J connectivity index is 1.85. The topological polar surface area (TPSA) is 74.3 Å². The summed E-state index contributed by atoms with van der Waals surface area (Å²) < 4.78 is 22.5. The van der Waals surface area contributed by atoms with E-state index in [0.29, 0.717) is 29.2 Å². The first kappa shape index (κ1) is 23.4. The molecule has 1 aliphatic heterocycles. The van der Waals surface area contributed by atoms with Gasteiger partial charge in [-0.1, -0.05) is 30.3 Å². The molecule has 172 valence electrons. The number of hydrogen-bond donors (Lipinski definition) is 0. The number of nitrogens with zero attached hydrogens (tertiary/aromatic N) is 1. The molecule has 1 saturated heterocycles. The van der Waals surface area contributed by atoms with E-state index >= 15 is 0 Å². The lowest BCUT2D eigenvalue weighted by molar-refractivity contribution is -0.128. The van der Waals surface area contributed by atoms with Crippen molar-refractivity contribution in [3.63, 3.8) is 0 Å². The summed E-state index contributed by atoms with van der Waals surface area (Å²) in [5.41, 5.74) is 1.71. The van der Waals surface area contributed by atoms with E-state index in [9.17, 15) is 9.59 Å². The molecule has 0 spiro atoms. The molecular formula is C25H31NO6. The van der Waals surface area contributed by atoms with Gasteiger partial charge in [0.1, 0.15) is 6.61 Å². The summed E-state index contributed by atoms with van der Waals surface area (Å²) in [7, 11) is 1.55. The van der Waals surface area contributed by atoms with Gasteiger partial charge in [0.2, 0.25) is 11.7 Å². The van der Waals surface area contributed by atoms with Crippen molar-refractivity contribution in [3.8, 4) is 17.2 Å². The summed E-state index contributed by atoms with van der Waals surface area (Å²) in [6.45, 7) is 7.83. The molecule has 1 fully saturated rings. The van der Waals surface area contributed by atoms with Crippen LogP contribution in [0.5, 0.6) is 17.2 Å². The zero-order valence-corrected chi connectivity index (χ0v) is 19.3. The standard InChI is InChI=1S/C25H31NO6/c1-16(2)31-21-12-19(13-22(24(21)29-5)32-17(3)4)14-23(27)26-20(15-30-25(26)28)11-18-9-7-6-8-10-18/h6-10,12-13,16-17,20H,11,14-15H2,1-5H3/t20-/m1/s1. The number of amides is 2. The summed E-state index contributed by atoms with van der Waals surface area (Å²) in [5.74, 6) is 1.14. The van der Waals surface area contributed by atoms with Crippen molar-refractivity contribution in [1.82, 2.24) is 4.90 Å². The molecule has 3 rings (SSSR count). The van der Waals surface area contributed by atoms with E-state index in [1.165, 1.54) is 4.90 Å². The van der Waals surface area contributed by atoms with Crippen LogP contribution in [-0.2, 0) is 22.4 Å². The molecule has 2 aromatic rings. The number of carbonyl (C=O) groups is 2. The quantitative estimate of drug-likeness (QED) is 0.574. The van der Waals surface area contributed by atoms with Crippen LogP contribution >= 0.6 is 0 Å². The Hall–Kier alpha value is -3.22. The smallest absolute Gasteiger partial charge is 0.416 e. The number of carbonyl (C=O) groups excluding carboxylic acids is 2. The van der Waals surface area contributed by atoms with Gasteiger partial charge >= 0.3 is 6.09 Å². The molecule has 0 N–H and O–H groups in total. The molecular weight excluding hydrogens is 410 g/mol. The van der Waals surface area contributed by atoms with Crippen LogP contribution in [-0.4, -0.2) is 48.9 Å². The van der Waals surface area contributed by atoms with Crippen LogP contribution in [0.25, 0.3) is 0 Å². The Morgan fingerprint density at radius 1 is 1.03 bits per heavy atom. The van der Waals surface area contributed by atoms with Gasteiger partial charge in [-0.15, -0.1) is 0 Å². The van der Waals surface area contributed by atoms with Crippen LogP contribution in [0.4, 0.5) is 4.79 Å². The Bertz CT molecular complexity index is 910. The van der Waals surface area contributed by atoms with Gasteiger partial charge in [-0.2, -0.15) is 0 Å². The fourth-order valence-electron chi connectivity index (χ4n) is 3.68. The monoisotopic (exact) mass is 441 g/mol. The first-order valence-electron chi connectivity index (χ1n) is 10.9. The molecule has 0 radical (unpaired) electrons. The molecule has 1 heterocycles. The minimum Gasteiger partial charge on any atom is -0.490 e. The molecule has 2 amide bonds. The average molecular weight is 442 g/mol. The maximum Gasteiger partial charge on any atom is 0.416 e. The number of rotatable bonds is 9. The zero-order chi connectivity index (χ0) is 23.3. The number of benzene rings is 2. The molecule has 0 saturated carbocycles. The third-order valence-corrected chi connectivity index (χ3v) is 4.91. The van der Waals surface area contributed by atoms with Crippen molar-refractivity contribution >= 4 is 12.0 Å². The summed E-state index contributed by atoms with van der Waals surface area (Å²) in [4.78, 5) is 26.7. The molecule has 0 unspecified atom stereocenters. The number of cyclic esters (lactones) is 1. The lowest BCUT2D eigenvalue weighted by Crippen LogP contribution is -2.41. The van der Waals surface area contributed by atoms with Gasteiger partial charge in [-0.05, 0) is 57.4 Å². The number of imide groups is 1. The fourth-order valence-corrected chi connectivity index (χ4v) is 3.68. The van der Waals surface area contributed by atoms with Gasteiger partial charge in [-0.3, -0.25) is 4.79 Å². The van der Waals surface area contributed by atoms with Crippen molar-refractivity contribution in [3.05, 3.63) is 53.6 Å². The highest BCUT2D eigenvalue weighted by atomic mass is 16.6. The molecule has 7 heteroatoms. The zero-order valence-electron chi connectivity index (χ0n) is 19.3. The van der Waals surface area contributed by atoms with E-state index in [0.717, 1.165) is 5.56 Å². The Morgan fingerprint density at radius 3 is 2.16 bits per heavy atom. The van der Waals surface area contributed by atoms with E-state index in [1.54, 1.807) is 19.2 Å². The second-order valence-corrected chi connectivity index (χ2v) is 8.32. The summed E-state index contributed by atoms with van der Waals surface area (Å²) in [5, 5.41) is 0. The second-order valence-electron chi connectivity index (χ2n) is 8.32. The van der Waals surface area contributed by atoms with Gasteiger partial charge in [0.15, 0.2) is 11.5 Å². The van der Waals surface area contributed by atoms with Gasteiger partial charge < -0.3 is 18.9 Å². The predicted molar refractivity (Wildman–Crippen MR) is 120 cm³/mol. The molecule has 7 nitrogen and oxygen atoms in total. The number of methoxy groups -OCH3 is 1. The molecule has 2 aromatic carbocycles. The largest absolute Gasteiger partial charge is 0.490 e. The van der Waals surface area contributed by atoms with Crippen molar-refractivity contribution in [2.75, 3.05) is 13.7 Å². The summed E-state index contributed by atoms with van der Waals surface area (Å²) >= 11 is 0. The van der Waals surface area contributed by atoms with Crippen LogP contribution in [0.3, 0.4) is 0 Å². The molecule has 1 aliphatic rings. The summed E-state index contributed by atoms with van der Waals surface area (Å²) in [6.07, 6.45) is -0.240.